The van der Waals surface area contributed by atoms with Gasteiger partial charge in [-0.1, -0.05) is 56.3 Å². The Labute approximate surface area is 190 Å². The molecule has 0 aliphatic rings. The molecule has 2 aromatic rings. The second-order valence-corrected chi connectivity index (χ2v) is 8.20. The zero-order chi connectivity index (χ0) is 23.5. The maximum absolute atomic E-state index is 12.5. The molecule has 2 rings (SSSR count). The van der Waals surface area contributed by atoms with E-state index in [2.05, 4.69) is 33.4 Å². The lowest BCUT2D eigenvalue weighted by atomic mass is 10.0. The standard InChI is InChI=1S/C25H34N4O3/c1-17(2)23(30)27-14-13-26-18(3)24(31)28-19(4)25(32)29-22-12-8-11-21(16-22)15-20-9-6-5-7-10-20/h5-12,16-19,26H,13-15H2,1-4H3,(H,27,30)(H,28,31)(H,29,32)/t18-,19-/m0/s1. The number of hydrogen-bond donors (Lipinski definition) is 4. The van der Waals surface area contributed by atoms with Crippen LogP contribution in [-0.4, -0.2) is 42.9 Å². The van der Waals surface area contributed by atoms with E-state index in [1.807, 2.05) is 56.3 Å². The van der Waals surface area contributed by atoms with Crippen LogP contribution in [-0.2, 0) is 20.8 Å². The number of anilines is 1. The number of nitrogens with one attached hydrogen (secondary N) is 4. The predicted molar refractivity (Wildman–Crippen MR) is 127 cm³/mol. The van der Waals surface area contributed by atoms with Crippen LogP contribution in [0.5, 0.6) is 0 Å². The molecule has 0 fully saturated rings. The lowest BCUT2D eigenvalue weighted by Gasteiger charge is -2.19. The highest BCUT2D eigenvalue weighted by Crippen LogP contribution is 2.15. The van der Waals surface area contributed by atoms with E-state index in [0.717, 1.165) is 12.0 Å². The lowest BCUT2D eigenvalue weighted by Crippen LogP contribution is -2.50. The molecule has 0 aromatic heterocycles. The molecule has 2 atom stereocenters. The van der Waals surface area contributed by atoms with E-state index in [0.29, 0.717) is 18.8 Å². The van der Waals surface area contributed by atoms with E-state index in [1.54, 1.807) is 13.8 Å². The lowest BCUT2D eigenvalue weighted by molar-refractivity contribution is -0.127. The molecule has 0 bridgehead atoms. The maximum atomic E-state index is 12.5. The van der Waals surface area contributed by atoms with Gasteiger partial charge < -0.3 is 21.3 Å². The Kier molecular flexibility index (Phi) is 9.88. The largest absolute Gasteiger partial charge is 0.355 e. The van der Waals surface area contributed by atoms with Crippen molar-refractivity contribution in [3.63, 3.8) is 0 Å². The molecule has 7 nitrogen and oxygen atoms in total. The Hall–Kier alpha value is -3.19. The van der Waals surface area contributed by atoms with Gasteiger partial charge in [0.05, 0.1) is 6.04 Å². The number of hydrogen-bond acceptors (Lipinski definition) is 4. The fourth-order valence-corrected chi connectivity index (χ4v) is 3.02. The van der Waals surface area contributed by atoms with Crippen LogP contribution >= 0.6 is 0 Å². The average Bonchev–Trinajstić information content (AvgIpc) is 2.77. The first-order chi connectivity index (χ1) is 15.3. The third kappa shape index (κ3) is 8.51. The minimum Gasteiger partial charge on any atom is -0.355 e. The van der Waals surface area contributed by atoms with Gasteiger partial charge in [-0.15, -0.1) is 0 Å². The van der Waals surface area contributed by atoms with Crippen molar-refractivity contribution in [2.24, 2.45) is 5.92 Å². The summed E-state index contributed by atoms with van der Waals surface area (Å²) in [6, 6.07) is 16.6. The molecular formula is C25H34N4O3. The number of carbonyl (C=O) groups excluding carboxylic acids is 3. The maximum Gasteiger partial charge on any atom is 0.246 e. The second-order valence-electron chi connectivity index (χ2n) is 8.20. The monoisotopic (exact) mass is 438 g/mol. The van der Waals surface area contributed by atoms with E-state index < -0.39 is 12.1 Å². The molecule has 0 saturated carbocycles. The Morgan fingerprint density at radius 2 is 1.44 bits per heavy atom. The molecule has 7 heteroatoms. The van der Waals surface area contributed by atoms with Gasteiger partial charge in [0.25, 0.3) is 0 Å². The smallest absolute Gasteiger partial charge is 0.246 e. The van der Waals surface area contributed by atoms with E-state index in [-0.39, 0.29) is 23.6 Å². The summed E-state index contributed by atoms with van der Waals surface area (Å²) in [6.45, 7) is 7.91. The molecule has 0 aliphatic carbocycles. The zero-order valence-electron chi connectivity index (χ0n) is 19.3. The van der Waals surface area contributed by atoms with Crippen LogP contribution in [0.1, 0.15) is 38.8 Å². The fourth-order valence-electron chi connectivity index (χ4n) is 3.02. The first-order valence-electron chi connectivity index (χ1n) is 11.0. The quantitative estimate of drug-likeness (QED) is 0.405. The summed E-state index contributed by atoms with van der Waals surface area (Å²) in [4.78, 5) is 36.5. The van der Waals surface area contributed by atoms with Gasteiger partial charge >= 0.3 is 0 Å². The Balaban J connectivity index is 1.79. The highest BCUT2D eigenvalue weighted by atomic mass is 16.2. The van der Waals surface area contributed by atoms with Gasteiger partial charge in [0, 0.05) is 24.7 Å². The normalized spacial score (nSPS) is 12.7. The van der Waals surface area contributed by atoms with Gasteiger partial charge in [-0.05, 0) is 43.5 Å². The molecule has 0 radical (unpaired) electrons. The van der Waals surface area contributed by atoms with Gasteiger partial charge in [0.1, 0.15) is 6.04 Å². The zero-order valence-corrected chi connectivity index (χ0v) is 19.3. The number of benzene rings is 2. The molecule has 32 heavy (non-hydrogen) atoms. The van der Waals surface area contributed by atoms with Gasteiger partial charge in [-0.2, -0.15) is 0 Å². The summed E-state index contributed by atoms with van der Waals surface area (Å²) in [5.74, 6) is -0.663. The summed E-state index contributed by atoms with van der Waals surface area (Å²) in [7, 11) is 0. The van der Waals surface area contributed by atoms with Crippen molar-refractivity contribution >= 4 is 23.4 Å². The van der Waals surface area contributed by atoms with Crippen molar-refractivity contribution in [2.45, 2.75) is 46.2 Å². The first kappa shape index (κ1) is 25.1. The fraction of sp³-hybridized carbons (Fsp3) is 0.400. The molecule has 2 aromatic carbocycles. The van der Waals surface area contributed by atoms with Crippen molar-refractivity contribution < 1.29 is 14.4 Å². The Morgan fingerprint density at radius 1 is 0.750 bits per heavy atom. The number of carbonyl (C=O) groups is 3. The predicted octanol–water partition coefficient (Wildman–Crippen LogP) is 2.47. The molecule has 172 valence electrons. The van der Waals surface area contributed by atoms with Crippen molar-refractivity contribution in [1.29, 1.82) is 0 Å². The minimum atomic E-state index is -0.690. The van der Waals surface area contributed by atoms with Gasteiger partial charge in [-0.25, -0.2) is 0 Å². The number of amides is 3. The summed E-state index contributed by atoms with van der Waals surface area (Å²) < 4.78 is 0. The van der Waals surface area contributed by atoms with E-state index in [4.69, 9.17) is 0 Å². The Morgan fingerprint density at radius 3 is 2.12 bits per heavy atom. The topological polar surface area (TPSA) is 99.3 Å². The third-order valence-electron chi connectivity index (χ3n) is 4.99. The van der Waals surface area contributed by atoms with E-state index in [1.165, 1.54) is 5.56 Å². The molecule has 0 heterocycles. The van der Waals surface area contributed by atoms with Gasteiger partial charge in [-0.3, -0.25) is 14.4 Å². The molecule has 3 amide bonds. The average molecular weight is 439 g/mol. The summed E-state index contributed by atoms with van der Waals surface area (Å²) in [6.07, 6.45) is 0.775. The van der Waals surface area contributed by atoms with Gasteiger partial charge in [0.15, 0.2) is 0 Å². The minimum absolute atomic E-state index is 0.0259. The summed E-state index contributed by atoms with van der Waals surface area (Å²) >= 11 is 0. The van der Waals surface area contributed by atoms with Crippen molar-refractivity contribution in [2.75, 3.05) is 18.4 Å². The second kappa shape index (κ2) is 12.6. The molecule has 4 N–H and O–H groups in total. The van der Waals surface area contributed by atoms with Crippen LogP contribution in [0.15, 0.2) is 54.6 Å². The van der Waals surface area contributed by atoms with Crippen molar-refractivity contribution in [3.8, 4) is 0 Å². The summed E-state index contributed by atoms with van der Waals surface area (Å²) in [5, 5.41) is 11.4. The Bertz CT molecular complexity index is 899. The summed E-state index contributed by atoms with van der Waals surface area (Å²) in [5.41, 5.74) is 2.98. The first-order valence-corrected chi connectivity index (χ1v) is 11.0. The van der Waals surface area contributed by atoms with Gasteiger partial charge in [0.2, 0.25) is 17.7 Å². The van der Waals surface area contributed by atoms with Crippen molar-refractivity contribution in [1.82, 2.24) is 16.0 Å². The van der Waals surface area contributed by atoms with Crippen molar-refractivity contribution in [3.05, 3.63) is 65.7 Å². The molecule has 0 spiro atoms. The highest BCUT2D eigenvalue weighted by Gasteiger charge is 2.19. The highest BCUT2D eigenvalue weighted by molar-refractivity contribution is 5.97. The van der Waals surface area contributed by atoms with Crippen LogP contribution in [0.25, 0.3) is 0 Å². The molecule has 0 aliphatic heterocycles. The van der Waals surface area contributed by atoms with Crippen LogP contribution in [0.2, 0.25) is 0 Å². The molecule has 0 saturated heterocycles. The SMILES string of the molecule is CC(C)C(=O)NCCN[C@@H](C)C(=O)N[C@@H](C)C(=O)Nc1cccc(Cc2ccccc2)c1. The van der Waals surface area contributed by atoms with Crippen LogP contribution < -0.4 is 21.3 Å². The van der Waals surface area contributed by atoms with Crippen LogP contribution in [0.4, 0.5) is 5.69 Å². The molecular weight excluding hydrogens is 404 g/mol. The molecule has 0 unspecified atom stereocenters. The third-order valence-corrected chi connectivity index (χ3v) is 4.99. The van der Waals surface area contributed by atoms with E-state index in [9.17, 15) is 14.4 Å². The van der Waals surface area contributed by atoms with Crippen LogP contribution in [0.3, 0.4) is 0 Å². The number of rotatable bonds is 11. The van der Waals surface area contributed by atoms with Crippen LogP contribution in [0, 0.1) is 5.92 Å². The van der Waals surface area contributed by atoms with E-state index >= 15 is 0 Å².